The molecule has 0 bridgehead atoms. The number of nitrogens with one attached hydrogen (secondary N) is 2. The van der Waals surface area contributed by atoms with Gasteiger partial charge in [0.25, 0.3) is 0 Å². The Balaban J connectivity index is 0.00000196. The summed E-state index contributed by atoms with van der Waals surface area (Å²) < 4.78 is 0. The number of anilines is 4. The fourth-order valence-electron chi connectivity index (χ4n) is 2.48. The highest BCUT2D eigenvalue weighted by Gasteiger charge is 2.18. The zero-order valence-corrected chi connectivity index (χ0v) is 14.7. The Bertz CT molecular complexity index is 888. The summed E-state index contributed by atoms with van der Waals surface area (Å²) in [6.45, 7) is 4.03. The molecule has 0 atom stereocenters. The molecule has 136 valence electrons. The van der Waals surface area contributed by atoms with Crippen molar-refractivity contribution in [3.05, 3.63) is 42.1 Å². The van der Waals surface area contributed by atoms with E-state index in [-0.39, 0.29) is 5.71 Å². The van der Waals surface area contributed by atoms with Crippen LogP contribution in [0.4, 0.5) is 23.1 Å². The summed E-state index contributed by atoms with van der Waals surface area (Å²) in [7, 11) is 0. The molecule has 0 amide bonds. The summed E-state index contributed by atoms with van der Waals surface area (Å²) in [4.78, 5) is 12.6. The minimum atomic E-state index is 0. The Morgan fingerprint density at radius 2 is 1.96 bits per heavy atom. The molecule has 0 unspecified atom stereocenters. The van der Waals surface area contributed by atoms with Gasteiger partial charge in [-0.25, -0.2) is 9.97 Å². The number of hydrogen-bond donors (Lipinski definition) is 3. The Labute approximate surface area is 156 Å². The Hall–Kier alpha value is -2.74. The molecule has 1 fully saturated rings. The van der Waals surface area contributed by atoms with Crippen molar-refractivity contribution in [2.45, 2.75) is 23.4 Å². The summed E-state index contributed by atoms with van der Waals surface area (Å²) in [6, 6.07) is 11.6. The van der Waals surface area contributed by atoms with Crippen LogP contribution in [0.3, 0.4) is 0 Å². The highest BCUT2D eigenvalue weighted by atomic mass is 32.2. The molecular weight excluding hydrogens is 334 g/mol. The van der Waals surface area contributed by atoms with Gasteiger partial charge in [-0.1, -0.05) is 0 Å². The van der Waals surface area contributed by atoms with E-state index in [9.17, 15) is 0 Å². The van der Waals surface area contributed by atoms with Crippen molar-refractivity contribution in [2.24, 2.45) is 0 Å². The van der Waals surface area contributed by atoms with Crippen LogP contribution in [0.15, 0.2) is 46.5 Å². The number of aryl methyl sites for hydroxylation is 1. The standard InChI is InChI=1S/C17H19N7S.4H2/c1-11-9-15(23-22-11)19-14-10-16(24-7-2-8-24)21-17(20-14)25-13-5-3-12(18)4-6-13;;;;/h3-6,9-10H,2,7-8,18H2,1H3,(H2,19,20,21,22,23);4*1H. The van der Waals surface area contributed by atoms with Crippen LogP contribution in [0.25, 0.3) is 0 Å². The van der Waals surface area contributed by atoms with E-state index in [1.54, 1.807) is 0 Å². The maximum absolute atomic E-state index is 5.75. The molecule has 4 rings (SSSR count). The summed E-state index contributed by atoms with van der Waals surface area (Å²) in [5, 5.41) is 11.1. The third-order valence-electron chi connectivity index (χ3n) is 3.92. The molecule has 1 saturated heterocycles. The van der Waals surface area contributed by atoms with Gasteiger partial charge in [-0.3, -0.25) is 5.10 Å². The van der Waals surface area contributed by atoms with Gasteiger partial charge >= 0.3 is 0 Å². The average Bonchev–Trinajstić information content (AvgIpc) is 2.93. The molecular formula is C17H27N7S. The van der Waals surface area contributed by atoms with Crippen molar-refractivity contribution in [3.8, 4) is 0 Å². The lowest BCUT2D eigenvalue weighted by Crippen LogP contribution is -2.37. The Kier molecular flexibility index (Phi) is 4.19. The molecule has 3 aromatic rings. The molecule has 3 heterocycles. The number of aromatic nitrogens is 4. The SMILES string of the molecule is Cc1cc(Nc2cc(N3CCC3)nc(Sc3ccc(N)cc3)n2)n[nH]1.[HH].[HH].[HH].[HH]. The first-order valence-electron chi connectivity index (χ1n) is 8.12. The van der Waals surface area contributed by atoms with Crippen LogP contribution in [0.1, 0.15) is 17.8 Å². The molecule has 0 aliphatic carbocycles. The minimum Gasteiger partial charge on any atom is -0.399 e. The first-order chi connectivity index (χ1) is 12.2. The summed E-state index contributed by atoms with van der Waals surface area (Å²) >= 11 is 1.52. The van der Waals surface area contributed by atoms with Crippen molar-refractivity contribution in [3.63, 3.8) is 0 Å². The zero-order valence-electron chi connectivity index (χ0n) is 13.9. The van der Waals surface area contributed by atoms with Crippen LogP contribution in [-0.2, 0) is 0 Å². The van der Waals surface area contributed by atoms with Gasteiger partial charge in [0.1, 0.15) is 11.6 Å². The van der Waals surface area contributed by atoms with Crippen LogP contribution in [0, 0.1) is 6.92 Å². The molecule has 4 N–H and O–H groups in total. The number of benzene rings is 1. The monoisotopic (exact) mass is 361 g/mol. The van der Waals surface area contributed by atoms with Gasteiger partial charge in [-0.2, -0.15) is 5.10 Å². The molecule has 0 saturated carbocycles. The second-order valence-corrected chi connectivity index (χ2v) is 7.01. The number of aromatic amines is 1. The normalized spacial score (nSPS) is 13.6. The molecule has 2 aromatic heterocycles. The van der Waals surface area contributed by atoms with Crippen LogP contribution >= 0.6 is 11.8 Å². The summed E-state index contributed by atoms with van der Waals surface area (Å²) in [6.07, 6.45) is 1.20. The van der Waals surface area contributed by atoms with Crippen LogP contribution in [-0.4, -0.2) is 33.3 Å². The number of hydrogen-bond acceptors (Lipinski definition) is 7. The fourth-order valence-corrected chi connectivity index (χ4v) is 3.25. The molecule has 7 nitrogen and oxygen atoms in total. The summed E-state index contributed by atoms with van der Waals surface area (Å²) in [5.41, 5.74) is 7.50. The van der Waals surface area contributed by atoms with Gasteiger partial charge in [0, 0.05) is 47.2 Å². The van der Waals surface area contributed by atoms with Crippen LogP contribution < -0.4 is 16.0 Å². The van der Waals surface area contributed by atoms with Gasteiger partial charge in [-0.15, -0.1) is 0 Å². The maximum atomic E-state index is 5.75. The Morgan fingerprint density at radius 1 is 1.16 bits per heavy atom. The topological polar surface area (TPSA) is 95.8 Å². The number of nitrogens with two attached hydrogens (primary N) is 1. The number of H-pyrrole nitrogens is 1. The summed E-state index contributed by atoms with van der Waals surface area (Å²) in [5.74, 6) is 2.42. The van der Waals surface area contributed by atoms with E-state index < -0.39 is 0 Å². The van der Waals surface area contributed by atoms with Gasteiger partial charge in [0.05, 0.1) is 0 Å². The first-order valence-corrected chi connectivity index (χ1v) is 8.94. The van der Waals surface area contributed by atoms with Gasteiger partial charge in [-0.05, 0) is 49.4 Å². The van der Waals surface area contributed by atoms with E-state index >= 15 is 0 Å². The van der Waals surface area contributed by atoms with Gasteiger partial charge in [0.15, 0.2) is 11.0 Å². The lowest BCUT2D eigenvalue weighted by Gasteiger charge is -2.32. The van der Waals surface area contributed by atoms with Gasteiger partial charge in [0.2, 0.25) is 0 Å². The predicted octanol–water partition coefficient (Wildman–Crippen LogP) is 4.18. The molecule has 0 radical (unpaired) electrons. The number of nitrogens with zero attached hydrogens (tertiary/aromatic N) is 4. The van der Waals surface area contributed by atoms with E-state index in [4.69, 9.17) is 10.7 Å². The predicted molar refractivity (Wildman–Crippen MR) is 109 cm³/mol. The maximum Gasteiger partial charge on any atom is 0.196 e. The molecule has 0 spiro atoms. The molecule has 8 heteroatoms. The van der Waals surface area contributed by atoms with E-state index in [1.807, 2.05) is 43.3 Å². The zero-order chi connectivity index (χ0) is 17.2. The van der Waals surface area contributed by atoms with Crippen molar-refractivity contribution in [1.82, 2.24) is 20.2 Å². The van der Waals surface area contributed by atoms with Crippen molar-refractivity contribution >= 4 is 34.9 Å². The minimum absolute atomic E-state index is 0. The fraction of sp³-hybridized carbons (Fsp3) is 0.235. The lowest BCUT2D eigenvalue weighted by molar-refractivity contribution is 0.605. The van der Waals surface area contributed by atoms with Gasteiger partial charge < -0.3 is 16.0 Å². The first kappa shape index (κ1) is 15.8. The highest BCUT2D eigenvalue weighted by molar-refractivity contribution is 7.99. The smallest absolute Gasteiger partial charge is 0.196 e. The third-order valence-corrected chi connectivity index (χ3v) is 4.80. The quantitative estimate of drug-likeness (QED) is 0.463. The van der Waals surface area contributed by atoms with Crippen LogP contribution in [0.5, 0.6) is 0 Å². The largest absolute Gasteiger partial charge is 0.399 e. The van der Waals surface area contributed by atoms with E-state index in [2.05, 4.69) is 25.4 Å². The second-order valence-electron chi connectivity index (χ2n) is 5.97. The number of rotatable bonds is 5. The Morgan fingerprint density at radius 3 is 2.60 bits per heavy atom. The highest BCUT2D eigenvalue weighted by Crippen LogP contribution is 2.30. The average molecular weight is 362 g/mol. The third kappa shape index (κ3) is 3.69. The number of nitrogen functional groups attached to an aromatic ring is 1. The molecule has 25 heavy (non-hydrogen) atoms. The van der Waals surface area contributed by atoms with E-state index in [0.717, 1.165) is 46.8 Å². The molecule has 1 aliphatic heterocycles. The lowest BCUT2D eigenvalue weighted by atomic mass is 10.2. The second kappa shape index (κ2) is 6.64. The van der Waals surface area contributed by atoms with Crippen molar-refractivity contribution in [2.75, 3.05) is 29.0 Å². The van der Waals surface area contributed by atoms with E-state index in [1.165, 1.54) is 18.2 Å². The van der Waals surface area contributed by atoms with Crippen LogP contribution in [0.2, 0.25) is 0 Å². The molecule has 1 aromatic carbocycles. The van der Waals surface area contributed by atoms with E-state index in [0.29, 0.717) is 5.16 Å². The molecule has 1 aliphatic rings. The van der Waals surface area contributed by atoms with Crippen molar-refractivity contribution in [1.29, 1.82) is 0 Å². The van der Waals surface area contributed by atoms with Crippen molar-refractivity contribution < 1.29 is 5.71 Å².